The van der Waals surface area contributed by atoms with Gasteiger partial charge in [-0.1, -0.05) is 62.3 Å². The van der Waals surface area contributed by atoms with Crippen molar-refractivity contribution in [1.82, 2.24) is 5.43 Å². The molecule has 0 saturated heterocycles. The molecule has 1 aliphatic rings. The zero-order chi connectivity index (χ0) is 14.4. The van der Waals surface area contributed by atoms with Gasteiger partial charge in [0.05, 0.1) is 0 Å². The minimum absolute atomic E-state index is 0.332. The second-order valence-corrected chi connectivity index (χ2v) is 6.66. The van der Waals surface area contributed by atoms with Crippen LogP contribution in [0.3, 0.4) is 0 Å². The summed E-state index contributed by atoms with van der Waals surface area (Å²) in [5.74, 6) is 6.59. The Morgan fingerprint density at radius 3 is 2.55 bits per heavy atom. The fourth-order valence-corrected chi connectivity index (χ4v) is 3.61. The smallest absolute Gasteiger partial charge is 0.0441 e. The molecule has 0 amide bonds. The van der Waals surface area contributed by atoms with E-state index in [1.165, 1.54) is 56.1 Å². The molecule has 20 heavy (non-hydrogen) atoms. The molecule has 3 heteroatoms. The van der Waals surface area contributed by atoms with Gasteiger partial charge in [0.1, 0.15) is 0 Å². The van der Waals surface area contributed by atoms with E-state index in [1.807, 2.05) is 6.07 Å². The van der Waals surface area contributed by atoms with Crippen molar-refractivity contribution in [3.63, 3.8) is 0 Å². The number of hydrazine groups is 1. The van der Waals surface area contributed by atoms with Gasteiger partial charge in [-0.25, -0.2) is 0 Å². The van der Waals surface area contributed by atoms with E-state index in [4.69, 9.17) is 17.4 Å². The highest BCUT2D eigenvalue weighted by atomic mass is 35.5. The zero-order valence-corrected chi connectivity index (χ0v) is 13.3. The zero-order valence-electron chi connectivity index (χ0n) is 12.5. The Balaban J connectivity index is 1.93. The van der Waals surface area contributed by atoms with Gasteiger partial charge in [0.15, 0.2) is 0 Å². The van der Waals surface area contributed by atoms with Crippen molar-refractivity contribution in [2.75, 3.05) is 0 Å². The first-order valence-corrected chi connectivity index (χ1v) is 8.28. The van der Waals surface area contributed by atoms with Crippen LogP contribution in [0.15, 0.2) is 18.2 Å². The molecule has 0 aliphatic heterocycles. The standard InChI is InChI=1S/C17H27ClN2/c1-13-8-9-15(17(18)10-13)12-16(20-19)11-14-6-4-2-3-5-7-14/h8-10,14,16,20H,2-7,11-12,19H2,1H3. The highest BCUT2D eigenvalue weighted by Crippen LogP contribution is 2.28. The predicted octanol–water partition coefficient (Wildman–Crippen LogP) is 4.38. The van der Waals surface area contributed by atoms with Crippen LogP contribution in [0.4, 0.5) is 0 Å². The van der Waals surface area contributed by atoms with Gasteiger partial charge in [-0.05, 0) is 42.9 Å². The van der Waals surface area contributed by atoms with E-state index in [1.54, 1.807) is 0 Å². The van der Waals surface area contributed by atoms with E-state index in [0.29, 0.717) is 6.04 Å². The maximum atomic E-state index is 6.33. The average Bonchev–Trinajstić information content (AvgIpc) is 2.69. The van der Waals surface area contributed by atoms with Gasteiger partial charge in [0, 0.05) is 11.1 Å². The molecule has 0 bridgehead atoms. The van der Waals surface area contributed by atoms with Crippen LogP contribution in [0.2, 0.25) is 5.02 Å². The summed E-state index contributed by atoms with van der Waals surface area (Å²) >= 11 is 6.33. The summed E-state index contributed by atoms with van der Waals surface area (Å²) in [5.41, 5.74) is 5.41. The molecule has 0 heterocycles. The maximum absolute atomic E-state index is 6.33. The van der Waals surface area contributed by atoms with E-state index < -0.39 is 0 Å². The summed E-state index contributed by atoms with van der Waals surface area (Å²) in [7, 11) is 0. The lowest BCUT2D eigenvalue weighted by Gasteiger charge is -2.22. The third kappa shape index (κ3) is 4.76. The van der Waals surface area contributed by atoms with Crippen molar-refractivity contribution in [1.29, 1.82) is 0 Å². The Bertz CT molecular complexity index is 411. The maximum Gasteiger partial charge on any atom is 0.0441 e. The quantitative estimate of drug-likeness (QED) is 0.480. The van der Waals surface area contributed by atoms with Crippen LogP contribution >= 0.6 is 11.6 Å². The molecular formula is C17H27ClN2. The third-order valence-electron chi connectivity index (χ3n) is 4.50. The van der Waals surface area contributed by atoms with Crippen LogP contribution in [-0.2, 0) is 6.42 Å². The number of nitrogens with one attached hydrogen (secondary N) is 1. The Morgan fingerprint density at radius 1 is 1.25 bits per heavy atom. The second-order valence-electron chi connectivity index (χ2n) is 6.26. The van der Waals surface area contributed by atoms with Gasteiger partial charge in [-0.15, -0.1) is 0 Å². The first-order valence-electron chi connectivity index (χ1n) is 7.90. The average molecular weight is 295 g/mol. The molecule has 0 radical (unpaired) electrons. The van der Waals surface area contributed by atoms with E-state index in [-0.39, 0.29) is 0 Å². The van der Waals surface area contributed by atoms with Crippen molar-refractivity contribution in [2.45, 2.75) is 64.3 Å². The Kier molecular flexibility index (Phi) is 6.34. The van der Waals surface area contributed by atoms with E-state index in [9.17, 15) is 0 Å². The van der Waals surface area contributed by atoms with Gasteiger partial charge >= 0.3 is 0 Å². The number of aryl methyl sites for hydroxylation is 1. The number of halogens is 1. The molecule has 0 aromatic heterocycles. The Labute approximate surface area is 128 Å². The van der Waals surface area contributed by atoms with Crippen molar-refractivity contribution >= 4 is 11.6 Å². The molecular weight excluding hydrogens is 268 g/mol. The molecule has 1 unspecified atom stereocenters. The van der Waals surface area contributed by atoms with Crippen LogP contribution in [0, 0.1) is 12.8 Å². The highest BCUT2D eigenvalue weighted by Gasteiger charge is 2.18. The van der Waals surface area contributed by atoms with Gasteiger partial charge in [0.25, 0.3) is 0 Å². The molecule has 1 aromatic rings. The van der Waals surface area contributed by atoms with Crippen LogP contribution < -0.4 is 11.3 Å². The van der Waals surface area contributed by atoms with Crippen molar-refractivity contribution < 1.29 is 0 Å². The topological polar surface area (TPSA) is 38.0 Å². The fraction of sp³-hybridized carbons (Fsp3) is 0.647. The summed E-state index contributed by atoms with van der Waals surface area (Å²) in [5, 5.41) is 0.867. The number of hydrogen-bond donors (Lipinski definition) is 2. The fourth-order valence-electron chi connectivity index (χ4n) is 3.30. The van der Waals surface area contributed by atoms with Crippen LogP contribution in [0.5, 0.6) is 0 Å². The van der Waals surface area contributed by atoms with E-state index in [2.05, 4.69) is 24.5 Å². The van der Waals surface area contributed by atoms with E-state index >= 15 is 0 Å². The van der Waals surface area contributed by atoms with Gasteiger partial charge < -0.3 is 0 Å². The monoisotopic (exact) mass is 294 g/mol. The number of benzene rings is 1. The largest absolute Gasteiger partial charge is 0.271 e. The van der Waals surface area contributed by atoms with E-state index in [0.717, 1.165) is 17.4 Å². The van der Waals surface area contributed by atoms with Gasteiger partial charge in [-0.3, -0.25) is 11.3 Å². The first kappa shape index (κ1) is 15.8. The predicted molar refractivity (Wildman–Crippen MR) is 86.8 cm³/mol. The summed E-state index contributed by atoms with van der Waals surface area (Å²) in [6.07, 6.45) is 10.4. The molecule has 1 atom stereocenters. The second kappa shape index (κ2) is 8.02. The summed E-state index contributed by atoms with van der Waals surface area (Å²) in [6.45, 7) is 2.07. The lowest BCUT2D eigenvalue weighted by Crippen LogP contribution is -2.38. The lowest BCUT2D eigenvalue weighted by molar-refractivity contribution is 0.352. The number of rotatable bonds is 5. The number of nitrogens with two attached hydrogens (primary N) is 1. The Hall–Kier alpha value is -0.570. The highest BCUT2D eigenvalue weighted by molar-refractivity contribution is 6.31. The van der Waals surface area contributed by atoms with Crippen LogP contribution in [-0.4, -0.2) is 6.04 Å². The molecule has 2 nitrogen and oxygen atoms in total. The molecule has 1 saturated carbocycles. The molecule has 0 spiro atoms. The van der Waals surface area contributed by atoms with Gasteiger partial charge in [-0.2, -0.15) is 0 Å². The summed E-state index contributed by atoms with van der Waals surface area (Å²) < 4.78 is 0. The first-order chi connectivity index (χ1) is 9.69. The van der Waals surface area contributed by atoms with Crippen molar-refractivity contribution in [3.05, 3.63) is 34.3 Å². The van der Waals surface area contributed by atoms with Crippen molar-refractivity contribution in [2.24, 2.45) is 11.8 Å². The normalized spacial score (nSPS) is 18.8. The molecule has 3 N–H and O–H groups in total. The molecule has 112 valence electrons. The molecule has 1 aromatic carbocycles. The summed E-state index contributed by atoms with van der Waals surface area (Å²) in [4.78, 5) is 0. The minimum atomic E-state index is 0.332. The minimum Gasteiger partial charge on any atom is -0.271 e. The SMILES string of the molecule is Cc1ccc(CC(CC2CCCCCC2)NN)c(Cl)c1. The molecule has 1 aliphatic carbocycles. The third-order valence-corrected chi connectivity index (χ3v) is 4.86. The van der Waals surface area contributed by atoms with Crippen LogP contribution in [0.25, 0.3) is 0 Å². The van der Waals surface area contributed by atoms with Crippen molar-refractivity contribution in [3.8, 4) is 0 Å². The summed E-state index contributed by atoms with van der Waals surface area (Å²) in [6, 6.07) is 6.63. The lowest BCUT2D eigenvalue weighted by atomic mass is 9.90. The molecule has 2 rings (SSSR count). The Morgan fingerprint density at radius 2 is 1.95 bits per heavy atom. The van der Waals surface area contributed by atoms with Gasteiger partial charge in [0.2, 0.25) is 0 Å². The number of hydrogen-bond acceptors (Lipinski definition) is 2. The van der Waals surface area contributed by atoms with Crippen LogP contribution in [0.1, 0.15) is 56.1 Å². The molecule has 1 fully saturated rings.